The van der Waals surface area contributed by atoms with Gasteiger partial charge in [-0.1, -0.05) is 13.8 Å². The molecule has 1 aromatic rings. The zero-order valence-corrected chi connectivity index (χ0v) is 10.8. The molecule has 1 rings (SSSR count). The molecule has 0 aliphatic carbocycles. The number of hydrogen-bond acceptors (Lipinski definition) is 4. The minimum Gasteiger partial charge on any atom is -0.466 e. The van der Waals surface area contributed by atoms with Crippen LogP contribution in [-0.2, 0) is 16.6 Å². The summed E-state index contributed by atoms with van der Waals surface area (Å²) in [5.41, 5.74) is 0.622. The summed E-state index contributed by atoms with van der Waals surface area (Å²) in [6, 6.07) is 0. The van der Waals surface area contributed by atoms with Crippen molar-refractivity contribution in [3.63, 3.8) is 0 Å². The van der Waals surface area contributed by atoms with Crippen molar-refractivity contribution in [1.82, 2.24) is 9.55 Å². The van der Waals surface area contributed by atoms with Crippen molar-refractivity contribution in [2.75, 3.05) is 6.61 Å². The Balaban J connectivity index is 2.92. The minimum absolute atomic E-state index is 0.000972. The molecule has 1 aromatic heterocycles. The fourth-order valence-corrected chi connectivity index (χ4v) is 1.84. The van der Waals surface area contributed by atoms with E-state index in [4.69, 9.17) is 4.74 Å². The van der Waals surface area contributed by atoms with E-state index in [0.717, 1.165) is 0 Å². The predicted molar refractivity (Wildman–Crippen MR) is 63.1 cm³/mol. The average Bonchev–Trinajstić information content (AvgIpc) is 2.64. The number of esters is 1. The molecule has 0 radical (unpaired) electrons. The maximum Gasteiger partial charge on any atom is 0.312 e. The quantitative estimate of drug-likeness (QED) is 0.788. The summed E-state index contributed by atoms with van der Waals surface area (Å²) in [6.07, 6.45) is 2.28. The van der Waals surface area contributed by atoms with Gasteiger partial charge in [-0.2, -0.15) is 0 Å². The smallest absolute Gasteiger partial charge is 0.312 e. The second-order valence-electron chi connectivity index (χ2n) is 4.40. The van der Waals surface area contributed by atoms with Crippen molar-refractivity contribution in [3.8, 4) is 0 Å². The van der Waals surface area contributed by atoms with Gasteiger partial charge in [0, 0.05) is 7.05 Å². The van der Waals surface area contributed by atoms with Crippen LogP contribution in [0.25, 0.3) is 0 Å². The van der Waals surface area contributed by atoms with Crippen LogP contribution >= 0.6 is 0 Å². The third kappa shape index (κ3) is 3.06. The van der Waals surface area contributed by atoms with E-state index in [1.165, 1.54) is 0 Å². The zero-order chi connectivity index (χ0) is 13.0. The van der Waals surface area contributed by atoms with Gasteiger partial charge in [-0.25, -0.2) is 4.98 Å². The number of aryl methyl sites for hydroxylation is 1. The third-order valence-electron chi connectivity index (χ3n) is 2.77. The van der Waals surface area contributed by atoms with Crippen molar-refractivity contribution >= 4 is 5.97 Å². The first-order chi connectivity index (χ1) is 7.99. The monoisotopic (exact) mass is 240 g/mol. The molecule has 5 heteroatoms. The summed E-state index contributed by atoms with van der Waals surface area (Å²) >= 11 is 0. The lowest BCUT2D eigenvalue weighted by molar-refractivity contribution is -0.154. The van der Waals surface area contributed by atoms with Crippen LogP contribution < -0.4 is 0 Å². The van der Waals surface area contributed by atoms with Gasteiger partial charge in [-0.15, -0.1) is 0 Å². The average molecular weight is 240 g/mol. The number of carbonyl (C=O) groups excluding carboxylic acids is 1. The highest BCUT2D eigenvalue weighted by molar-refractivity contribution is 5.73. The molecule has 0 amide bonds. The molecule has 5 nitrogen and oxygen atoms in total. The number of imidazole rings is 1. The van der Waals surface area contributed by atoms with Crippen molar-refractivity contribution in [2.24, 2.45) is 18.9 Å². The SMILES string of the molecule is CCOC(=O)C(C(C)C)C(O)c1cncn1C. The summed E-state index contributed by atoms with van der Waals surface area (Å²) in [5, 5.41) is 10.3. The summed E-state index contributed by atoms with van der Waals surface area (Å²) in [6.45, 7) is 5.86. The molecule has 0 aliphatic heterocycles. The van der Waals surface area contributed by atoms with Gasteiger partial charge in [-0.3, -0.25) is 4.79 Å². The Kier molecular flexibility index (Phi) is 4.69. The van der Waals surface area contributed by atoms with Crippen molar-refractivity contribution in [3.05, 3.63) is 18.2 Å². The van der Waals surface area contributed by atoms with Crippen LogP contribution in [0.2, 0.25) is 0 Å². The lowest BCUT2D eigenvalue weighted by Gasteiger charge is -2.24. The van der Waals surface area contributed by atoms with Gasteiger partial charge in [0.05, 0.1) is 30.7 Å². The van der Waals surface area contributed by atoms with E-state index in [-0.39, 0.29) is 11.9 Å². The Morgan fingerprint density at radius 1 is 1.59 bits per heavy atom. The first kappa shape index (κ1) is 13.7. The molecular formula is C12H20N2O3. The minimum atomic E-state index is -0.887. The predicted octanol–water partition coefficient (Wildman–Crippen LogP) is 1.29. The lowest BCUT2D eigenvalue weighted by atomic mass is 9.89. The zero-order valence-electron chi connectivity index (χ0n) is 10.8. The van der Waals surface area contributed by atoms with Crippen LogP contribution in [0, 0.1) is 11.8 Å². The molecule has 1 N–H and O–H groups in total. The fraction of sp³-hybridized carbons (Fsp3) is 0.667. The molecule has 0 saturated carbocycles. The van der Waals surface area contributed by atoms with Crippen LogP contribution in [-0.4, -0.2) is 27.2 Å². The maximum absolute atomic E-state index is 11.8. The van der Waals surface area contributed by atoms with E-state index in [1.807, 2.05) is 13.8 Å². The van der Waals surface area contributed by atoms with Gasteiger partial charge < -0.3 is 14.4 Å². The van der Waals surface area contributed by atoms with Gasteiger partial charge >= 0.3 is 5.97 Å². The molecule has 2 atom stereocenters. The van der Waals surface area contributed by atoms with E-state index in [2.05, 4.69) is 4.98 Å². The van der Waals surface area contributed by atoms with E-state index < -0.39 is 12.0 Å². The van der Waals surface area contributed by atoms with Crippen LogP contribution in [0.4, 0.5) is 0 Å². The van der Waals surface area contributed by atoms with Gasteiger partial charge in [-0.05, 0) is 12.8 Å². The number of rotatable bonds is 5. The summed E-state index contributed by atoms with van der Waals surface area (Å²) in [5.74, 6) is -0.930. The Morgan fingerprint density at radius 2 is 2.24 bits per heavy atom. The Bertz CT molecular complexity index is 374. The number of aliphatic hydroxyl groups excluding tert-OH is 1. The molecule has 0 spiro atoms. The standard InChI is InChI=1S/C12H20N2O3/c1-5-17-12(16)10(8(2)3)11(15)9-6-13-7-14(9)4/h6-8,10-11,15H,5H2,1-4H3. The Labute approximate surface area is 101 Å². The highest BCUT2D eigenvalue weighted by Crippen LogP contribution is 2.28. The van der Waals surface area contributed by atoms with Gasteiger partial charge in [0.2, 0.25) is 0 Å². The van der Waals surface area contributed by atoms with Crippen molar-refractivity contribution in [2.45, 2.75) is 26.9 Å². The van der Waals surface area contributed by atoms with E-state index in [0.29, 0.717) is 12.3 Å². The van der Waals surface area contributed by atoms with Crippen LogP contribution in [0.3, 0.4) is 0 Å². The molecular weight excluding hydrogens is 220 g/mol. The van der Waals surface area contributed by atoms with Gasteiger partial charge in [0.25, 0.3) is 0 Å². The first-order valence-electron chi connectivity index (χ1n) is 5.80. The maximum atomic E-state index is 11.8. The molecule has 0 aromatic carbocycles. The highest BCUT2D eigenvalue weighted by Gasteiger charge is 2.33. The molecule has 96 valence electrons. The number of nitrogens with zero attached hydrogens (tertiary/aromatic N) is 2. The highest BCUT2D eigenvalue weighted by atomic mass is 16.5. The lowest BCUT2D eigenvalue weighted by Crippen LogP contribution is -2.30. The van der Waals surface area contributed by atoms with E-state index in [1.54, 1.807) is 31.1 Å². The van der Waals surface area contributed by atoms with E-state index in [9.17, 15) is 9.90 Å². The number of aromatic nitrogens is 2. The largest absolute Gasteiger partial charge is 0.466 e. The molecule has 0 aliphatic rings. The summed E-state index contributed by atoms with van der Waals surface area (Å²) in [7, 11) is 1.79. The van der Waals surface area contributed by atoms with E-state index >= 15 is 0 Å². The third-order valence-corrected chi connectivity index (χ3v) is 2.77. The number of ether oxygens (including phenoxy) is 1. The molecule has 17 heavy (non-hydrogen) atoms. The topological polar surface area (TPSA) is 64.3 Å². The van der Waals surface area contributed by atoms with Crippen molar-refractivity contribution in [1.29, 1.82) is 0 Å². The second-order valence-corrected chi connectivity index (χ2v) is 4.40. The number of aliphatic hydroxyl groups is 1. The van der Waals surface area contributed by atoms with Crippen LogP contribution in [0.15, 0.2) is 12.5 Å². The Morgan fingerprint density at radius 3 is 2.65 bits per heavy atom. The normalized spacial score (nSPS) is 14.7. The number of carbonyl (C=O) groups is 1. The number of hydrogen-bond donors (Lipinski definition) is 1. The molecule has 0 saturated heterocycles. The first-order valence-corrected chi connectivity index (χ1v) is 5.80. The molecule has 0 fully saturated rings. The van der Waals surface area contributed by atoms with Crippen LogP contribution in [0.1, 0.15) is 32.6 Å². The van der Waals surface area contributed by atoms with Gasteiger partial charge in [0.15, 0.2) is 0 Å². The van der Waals surface area contributed by atoms with Crippen LogP contribution in [0.5, 0.6) is 0 Å². The molecule has 1 heterocycles. The second kappa shape index (κ2) is 5.82. The summed E-state index contributed by atoms with van der Waals surface area (Å²) < 4.78 is 6.70. The van der Waals surface area contributed by atoms with Gasteiger partial charge in [0.1, 0.15) is 6.10 Å². The van der Waals surface area contributed by atoms with Crippen molar-refractivity contribution < 1.29 is 14.6 Å². The molecule has 2 unspecified atom stereocenters. The summed E-state index contributed by atoms with van der Waals surface area (Å²) in [4.78, 5) is 15.8. The molecule has 0 bridgehead atoms. The Hall–Kier alpha value is -1.36. The fourth-order valence-electron chi connectivity index (χ4n) is 1.84.